The van der Waals surface area contributed by atoms with Gasteiger partial charge in [-0.1, -0.05) is 6.92 Å². The van der Waals surface area contributed by atoms with Crippen LogP contribution in [-0.4, -0.2) is 23.5 Å². The van der Waals surface area contributed by atoms with E-state index in [4.69, 9.17) is 0 Å². The summed E-state index contributed by atoms with van der Waals surface area (Å²) >= 11 is 0. The van der Waals surface area contributed by atoms with Crippen molar-refractivity contribution in [3.8, 4) is 0 Å². The number of amides is 1. The lowest BCUT2D eigenvalue weighted by atomic mass is 9.75. The van der Waals surface area contributed by atoms with Gasteiger partial charge >= 0.3 is 0 Å². The van der Waals surface area contributed by atoms with Crippen LogP contribution in [0, 0.1) is 0 Å². The topological polar surface area (TPSA) is 54.0 Å². The van der Waals surface area contributed by atoms with Crippen LogP contribution in [0.2, 0.25) is 0 Å². The van der Waals surface area contributed by atoms with Gasteiger partial charge in [-0.15, -0.1) is 0 Å². The van der Waals surface area contributed by atoms with Gasteiger partial charge in [0.2, 0.25) is 0 Å². The molecule has 1 aliphatic rings. The van der Waals surface area contributed by atoms with Crippen molar-refractivity contribution in [2.45, 2.75) is 38.1 Å². The van der Waals surface area contributed by atoms with Crippen LogP contribution in [0.4, 0.5) is 5.69 Å². The summed E-state index contributed by atoms with van der Waals surface area (Å²) in [6.45, 7) is 2.12. The van der Waals surface area contributed by atoms with Crippen molar-refractivity contribution in [3.63, 3.8) is 0 Å². The van der Waals surface area contributed by atoms with Gasteiger partial charge < -0.3 is 10.6 Å². The number of carbonyl (C=O) groups excluding carboxylic acids is 1. The van der Waals surface area contributed by atoms with Crippen LogP contribution in [0.1, 0.15) is 43.1 Å². The first-order valence-corrected chi connectivity index (χ1v) is 6.15. The number of hydrogen-bond acceptors (Lipinski definition) is 3. The largest absolute Gasteiger partial charge is 0.388 e. The van der Waals surface area contributed by atoms with E-state index in [9.17, 15) is 4.79 Å². The van der Waals surface area contributed by atoms with E-state index in [0.29, 0.717) is 5.69 Å². The average molecular weight is 233 g/mol. The molecule has 1 amide bonds. The lowest BCUT2D eigenvalue weighted by molar-refractivity contribution is 0.0815. The summed E-state index contributed by atoms with van der Waals surface area (Å²) in [7, 11) is 1.83. The summed E-state index contributed by atoms with van der Waals surface area (Å²) in [5.41, 5.74) is 1.41. The molecule has 0 unspecified atom stereocenters. The second-order valence-electron chi connectivity index (χ2n) is 4.62. The Labute approximate surface area is 102 Å². The fraction of sp³-hybridized carbons (Fsp3) is 0.538. The Morgan fingerprint density at radius 2 is 2.29 bits per heavy atom. The quantitative estimate of drug-likeness (QED) is 0.838. The molecule has 0 radical (unpaired) electrons. The summed E-state index contributed by atoms with van der Waals surface area (Å²) < 4.78 is 0. The van der Waals surface area contributed by atoms with Gasteiger partial charge in [-0.2, -0.15) is 0 Å². The molecule has 17 heavy (non-hydrogen) atoms. The van der Waals surface area contributed by atoms with Crippen LogP contribution in [0.25, 0.3) is 0 Å². The molecule has 4 heteroatoms. The molecule has 1 saturated carbocycles. The molecule has 0 aromatic carbocycles. The number of anilines is 1. The van der Waals surface area contributed by atoms with E-state index in [2.05, 4.69) is 22.5 Å². The molecule has 1 fully saturated rings. The smallest absolute Gasteiger partial charge is 0.270 e. The Bertz CT molecular complexity index is 407. The zero-order valence-corrected chi connectivity index (χ0v) is 10.4. The fourth-order valence-electron chi connectivity index (χ4n) is 2.19. The van der Waals surface area contributed by atoms with Crippen LogP contribution >= 0.6 is 0 Å². The van der Waals surface area contributed by atoms with Gasteiger partial charge in [0, 0.05) is 24.5 Å². The van der Waals surface area contributed by atoms with Gasteiger partial charge in [0.15, 0.2) is 0 Å². The van der Waals surface area contributed by atoms with Gasteiger partial charge in [0.1, 0.15) is 5.69 Å². The molecule has 4 nitrogen and oxygen atoms in total. The zero-order chi connectivity index (χ0) is 12.3. The first-order chi connectivity index (χ1) is 8.19. The molecule has 0 bridgehead atoms. The van der Waals surface area contributed by atoms with Gasteiger partial charge in [0.25, 0.3) is 5.91 Å². The molecule has 0 aliphatic heterocycles. The monoisotopic (exact) mass is 233 g/mol. The number of carbonyl (C=O) groups is 1. The van der Waals surface area contributed by atoms with Crippen molar-refractivity contribution < 1.29 is 4.79 Å². The highest BCUT2D eigenvalue weighted by molar-refractivity contribution is 5.93. The second-order valence-corrected chi connectivity index (χ2v) is 4.62. The molecule has 0 spiro atoms. The maximum Gasteiger partial charge on any atom is 0.270 e. The van der Waals surface area contributed by atoms with E-state index in [1.54, 1.807) is 12.3 Å². The minimum absolute atomic E-state index is 0.0222. The SMILES string of the molecule is CCC1(NC(=O)c2cc(NC)ccn2)CCC1. The Hall–Kier alpha value is -1.58. The molecule has 2 N–H and O–H groups in total. The van der Waals surface area contributed by atoms with E-state index >= 15 is 0 Å². The third-order valence-corrected chi connectivity index (χ3v) is 3.65. The molecule has 0 atom stereocenters. The summed E-state index contributed by atoms with van der Waals surface area (Å²) in [6, 6.07) is 3.62. The number of pyridine rings is 1. The van der Waals surface area contributed by atoms with Crippen molar-refractivity contribution >= 4 is 11.6 Å². The molecule has 1 aromatic rings. The standard InChI is InChI=1S/C13H19N3O/c1-3-13(6-4-7-13)16-12(17)11-9-10(14-2)5-8-15-11/h5,8-9H,3-4,6-7H2,1-2H3,(H,14,15)(H,16,17). The lowest BCUT2D eigenvalue weighted by Crippen LogP contribution is -2.53. The number of aromatic nitrogens is 1. The first kappa shape index (κ1) is 11.9. The number of rotatable bonds is 4. The third-order valence-electron chi connectivity index (χ3n) is 3.65. The number of hydrogen-bond donors (Lipinski definition) is 2. The van der Waals surface area contributed by atoms with Crippen molar-refractivity contribution in [1.29, 1.82) is 0 Å². The Morgan fingerprint density at radius 3 is 2.82 bits per heavy atom. The molecule has 1 aromatic heterocycles. The van der Waals surface area contributed by atoms with Crippen molar-refractivity contribution in [2.75, 3.05) is 12.4 Å². The Balaban J connectivity index is 2.08. The molecular weight excluding hydrogens is 214 g/mol. The Kier molecular flexibility index (Phi) is 3.31. The maximum absolute atomic E-state index is 12.1. The predicted molar refractivity (Wildman–Crippen MR) is 68.1 cm³/mol. The van der Waals surface area contributed by atoms with Crippen molar-refractivity contribution in [2.24, 2.45) is 0 Å². The number of nitrogens with zero attached hydrogens (tertiary/aromatic N) is 1. The van der Waals surface area contributed by atoms with E-state index in [1.165, 1.54) is 6.42 Å². The van der Waals surface area contributed by atoms with Crippen molar-refractivity contribution in [1.82, 2.24) is 10.3 Å². The summed E-state index contributed by atoms with van der Waals surface area (Å²) in [4.78, 5) is 16.2. The van der Waals surface area contributed by atoms with Crippen LogP contribution < -0.4 is 10.6 Å². The maximum atomic E-state index is 12.1. The predicted octanol–water partition coefficient (Wildman–Crippen LogP) is 2.19. The third kappa shape index (κ3) is 2.40. The summed E-state index contributed by atoms with van der Waals surface area (Å²) in [6.07, 6.45) is 6.02. The Morgan fingerprint density at radius 1 is 1.53 bits per heavy atom. The van der Waals surface area contributed by atoms with Crippen LogP contribution in [0.15, 0.2) is 18.3 Å². The first-order valence-electron chi connectivity index (χ1n) is 6.15. The average Bonchev–Trinajstić information content (AvgIpc) is 2.33. The minimum Gasteiger partial charge on any atom is -0.388 e. The lowest BCUT2D eigenvalue weighted by Gasteiger charge is -2.41. The van der Waals surface area contributed by atoms with Gasteiger partial charge in [0.05, 0.1) is 0 Å². The zero-order valence-electron chi connectivity index (χ0n) is 10.4. The van der Waals surface area contributed by atoms with E-state index in [0.717, 1.165) is 24.9 Å². The molecule has 1 heterocycles. The molecule has 92 valence electrons. The highest BCUT2D eigenvalue weighted by atomic mass is 16.2. The van der Waals surface area contributed by atoms with Gasteiger partial charge in [-0.25, -0.2) is 0 Å². The van der Waals surface area contributed by atoms with E-state index in [1.807, 2.05) is 13.1 Å². The van der Waals surface area contributed by atoms with E-state index < -0.39 is 0 Å². The normalized spacial score (nSPS) is 17.1. The van der Waals surface area contributed by atoms with Crippen LogP contribution in [0.3, 0.4) is 0 Å². The molecule has 0 saturated heterocycles. The second kappa shape index (κ2) is 4.73. The number of nitrogens with one attached hydrogen (secondary N) is 2. The molecule has 2 rings (SSSR count). The molecular formula is C13H19N3O. The van der Waals surface area contributed by atoms with Crippen LogP contribution in [-0.2, 0) is 0 Å². The van der Waals surface area contributed by atoms with Gasteiger partial charge in [-0.05, 0) is 37.8 Å². The minimum atomic E-state index is -0.0661. The van der Waals surface area contributed by atoms with Crippen LogP contribution in [0.5, 0.6) is 0 Å². The van der Waals surface area contributed by atoms with Gasteiger partial charge in [-0.3, -0.25) is 9.78 Å². The summed E-state index contributed by atoms with van der Waals surface area (Å²) in [5.74, 6) is -0.0661. The highest BCUT2D eigenvalue weighted by Crippen LogP contribution is 2.34. The van der Waals surface area contributed by atoms with E-state index in [-0.39, 0.29) is 11.4 Å². The molecule has 1 aliphatic carbocycles. The highest BCUT2D eigenvalue weighted by Gasteiger charge is 2.36. The van der Waals surface area contributed by atoms with Crippen molar-refractivity contribution in [3.05, 3.63) is 24.0 Å². The fourth-order valence-corrected chi connectivity index (χ4v) is 2.19. The summed E-state index contributed by atoms with van der Waals surface area (Å²) in [5, 5.41) is 6.12.